The summed E-state index contributed by atoms with van der Waals surface area (Å²) < 4.78 is 1.86. The molecule has 0 aliphatic rings. The number of hydrogen-bond donors (Lipinski definition) is 2. The summed E-state index contributed by atoms with van der Waals surface area (Å²) in [5.74, 6) is -1.02. The number of nitrogens with zero attached hydrogens (tertiary/aromatic N) is 2. The fourth-order valence-corrected chi connectivity index (χ4v) is 2.41. The van der Waals surface area contributed by atoms with Gasteiger partial charge in [-0.25, -0.2) is 4.98 Å². The third kappa shape index (κ3) is 4.32. The van der Waals surface area contributed by atoms with Gasteiger partial charge in [-0.05, 0) is 48.4 Å². The van der Waals surface area contributed by atoms with Gasteiger partial charge in [-0.3, -0.25) is 9.59 Å². The van der Waals surface area contributed by atoms with Crippen molar-refractivity contribution in [1.29, 1.82) is 0 Å². The monoisotopic (exact) mass is 335 g/mol. The van der Waals surface area contributed by atoms with E-state index in [1.54, 1.807) is 36.8 Å². The molecule has 1 aromatic heterocycles. The Morgan fingerprint density at radius 2 is 1.76 bits per heavy atom. The molecule has 25 heavy (non-hydrogen) atoms. The predicted octanol–water partition coefficient (Wildman–Crippen LogP) is 3.14. The molecule has 0 atom stereocenters. The number of benzene rings is 2. The van der Waals surface area contributed by atoms with Crippen LogP contribution < -0.4 is 5.32 Å². The number of carboxylic acid groups (broad SMARTS) is 1. The zero-order valence-electron chi connectivity index (χ0n) is 13.4. The van der Waals surface area contributed by atoms with Gasteiger partial charge in [0.1, 0.15) is 0 Å². The maximum Gasteiger partial charge on any atom is 0.303 e. The van der Waals surface area contributed by atoms with Gasteiger partial charge in [-0.2, -0.15) is 0 Å². The second-order valence-electron chi connectivity index (χ2n) is 5.56. The number of aromatic nitrogens is 2. The predicted molar refractivity (Wildman–Crippen MR) is 93.9 cm³/mol. The van der Waals surface area contributed by atoms with E-state index in [-0.39, 0.29) is 12.3 Å². The number of hydrogen-bond acceptors (Lipinski definition) is 3. The van der Waals surface area contributed by atoms with E-state index >= 15 is 0 Å². The van der Waals surface area contributed by atoms with E-state index in [4.69, 9.17) is 5.11 Å². The van der Waals surface area contributed by atoms with Crippen LogP contribution in [-0.4, -0.2) is 26.5 Å². The minimum Gasteiger partial charge on any atom is -0.481 e. The van der Waals surface area contributed by atoms with Crippen LogP contribution in [0.3, 0.4) is 0 Å². The molecule has 1 heterocycles. The Morgan fingerprint density at radius 1 is 1.04 bits per heavy atom. The van der Waals surface area contributed by atoms with Crippen LogP contribution in [0.15, 0.2) is 67.3 Å². The van der Waals surface area contributed by atoms with Crippen LogP contribution in [0.4, 0.5) is 5.69 Å². The lowest BCUT2D eigenvalue weighted by Gasteiger charge is -2.08. The standard InChI is InChI=1S/C19H17N3O3/c23-18(24)10-3-14-1-6-16(7-2-14)21-19(25)15-4-8-17(9-5-15)22-12-11-20-13-22/h1-2,4-9,11-13H,3,10H2,(H,21,25)(H,23,24). The molecule has 0 aliphatic carbocycles. The van der Waals surface area contributed by atoms with Crippen molar-refractivity contribution in [1.82, 2.24) is 9.55 Å². The first kappa shape index (κ1) is 16.4. The van der Waals surface area contributed by atoms with Crippen LogP contribution >= 0.6 is 0 Å². The van der Waals surface area contributed by atoms with Gasteiger partial charge in [0.15, 0.2) is 0 Å². The van der Waals surface area contributed by atoms with Crippen molar-refractivity contribution in [2.75, 3.05) is 5.32 Å². The normalized spacial score (nSPS) is 10.4. The molecule has 2 aromatic carbocycles. The zero-order valence-corrected chi connectivity index (χ0v) is 13.4. The molecule has 0 saturated carbocycles. The van der Waals surface area contributed by atoms with Crippen LogP contribution in [0.1, 0.15) is 22.3 Å². The first-order valence-corrected chi connectivity index (χ1v) is 7.82. The van der Waals surface area contributed by atoms with Crippen molar-refractivity contribution >= 4 is 17.6 Å². The number of amides is 1. The van der Waals surface area contributed by atoms with Crippen LogP contribution in [0.25, 0.3) is 5.69 Å². The van der Waals surface area contributed by atoms with Crippen LogP contribution in [0.2, 0.25) is 0 Å². The molecule has 0 radical (unpaired) electrons. The number of carbonyl (C=O) groups is 2. The van der Waals surface area contributed by atoms with E-state index < -0.39 is 5.97 Å². The number of anilines is 1. The van der Waals surface area contributed by atoms with E-state index in [0.29, 0.717) is 17.7 Å². The summed E-state index contributed by atoms with van der Waals surface area (Å²) in [5, 5.41) is 11.5. The Hall–Kier alpha value is -3.41. The van der Waals surface area contributed by atoms with Gasteiger partial charge in [0.25, 0.3) is 5.91 Å². The smallest absolute Gasteiger partial charge is 0.303 e. The second-order valence-corrected chi connectivity index (χ2v) is 5.56. The highest BCUT2D eigenvalue weighted by atomic mass is 16.4. The number of carbonyl (C=O) groups excluding carboxylic acids is 1. The van der Waals surface area contributed by atoms with Crippen LogP contribution in [0, 0.1) is 0 Å². The Labute approximate surface area is 144 Å². The Morgan fingerprint density at radius 3 is 2.36 bits per heavy atom. The molecule has 2 N–H and O–H groups in total. The maximum absolute atomic E-state index is 12.3. The van der Waals surface area contributed by atoms with Crippen LogP contribution in [0.5, 0.6) is 0 Å². The largest absolute Gasteiger partial charge is 0.481 e. The number of aryl methyl sites for hydroxylation is 1. The number of imidazole rings is 1. The van der Waals surface area contributed by atoms with E-state index in [1.807, 2.05) is 35.0 Å². The summed E-state index contributed by atoms with van der Waals surface area (Å²) in [6, 6.07) is 14.4. The lowest BCUT2D eigenvalue weighted by Crippen LogP contribution is -2.11. The van der Waals surface area contributed by atoms with Crippen molar-refractivity contribution < 1.29 is 14.7 Å². The number of carboxylic acids is 1. The van der Waals surface area contributed by atoms with Crippen molar-refractivity contribution in [2.45, 2.75) is 12.8 Å². The first-order valence-electron chi connectivity index (χ1n) is 7.82. The van der Waals surface area contributed by atoms with Crippen molar-refractivity contribution in [3.05, 3.63) is 78.4 Å². The maximum atomic E-state index is 12.3. The van der Waals surface area contributed by atoms with Crippen molar-refractivity contribution in [2.24, 2.45) is 0 Å². The summed E-state index contributed by atoms with van der Waals surface area (Å²) in [6.45, 7) is 0. The first-order chi connectivity index (χ1) is 12.1. The summed E-state index contributed by atoms with van der Waals surface area (Å²) in [6.07, 6.45) is 5.79. The molecule has 0 bridgehead atoms. The topological polar surface area (TPSA) is 84.2 Å². The molecule has 1 amide bonds. The average molecular weight is 335 g/mol. The highest BCUT2D eigenvalue weighted by Crippen LogP contribution is 2.14. The number of aliphatic carboxylic acids is 1. The van der Waals surface area contributed by atoms with Crippen LogP contribution in [-0.2, 0) is 11.2 Å². The van der Waals surface area contributed by atoms with E-state index in [2.05, 4.69) is 10.3 Å². The molecule has 0 fully saturated rings. The Kier molecular flexibility index (Phi) is 4.89. The summed E-state index contributed by atoms with van der Waals surface area (Å²) in [7, 11) is 0. The molecule has 3 rings (SSSR count). The lowest BCUT2D eigenvalue weighted by molar-refractivity contribution is -0.136. The van der Waals surface area contributed by atoms with E-state index in [1.165, 1.54) is 0 Å². The summed E-state index contributed by atoms with van der Waals surface area (Å²) >= 11 is 0. The second kappa shape index (κ2) is 7.44. The fraction of sp³-hybridized carbons (Fsp3) is 0.105. The summed E-state index contributed by atoms with van der Waals surface area (Å²) in [5.41, 5.74) is 3.07. The van der Waals surface area contributed by atoms with Gasteiger partial charge in [0.05, 0.1) is 6.33 Å². The fourth-order valence-electron chi connectivity index (χ4n) is 2.41. The zero-order chi connectivity index (χ0) is 17.6. The van der Waals surface area contributed by atoms with Crippen molar-refractivity contribution in [3.63, 3.8) is 0 Å². The molecule has 0 unspecified atom stereocenters. The quantitative estimate of drug-likeness (QED) is 0.725. The molecule has 3 aromatic rings. The number of nitrogens with one attached hydrogen (secondary N) is 1. The third-order valence-corrected chi connectivity index (χ3v) is 3.77. The molecular formula is C19H17N3O3. The molecule has 0 spiro atoms. The van der Waals surface area contributed by atoms with E-state index in [0.717, 1.165) is 11.3 Å². The molecule has 6 heteroatoms. The highest BCUT2D eigenvalue weighted by molar-refractivity contribution is 6.04. The van der Waals surface area contributed by atoms with Gasteiger partial charge in [0, 0.05) is 35.8 Å². The summed E-state index contributed by atoms with van der Waals surface area (Å²) in [4.78, 5) is 26.9. The molecular weight excluding hydrogens is 318 g/mol. The third-order valence-electron chi connectivity index (χ3n) is 3.77. The minimum absolute atomic E-state index is 0.0922. The SMILES string of the molecule is O=C(O)CCc1ccc(NC(=O)c2ccc(-n3ccnc3)cc2)cc1. The Bertz CT molecular complexity index is 854. The van der Waals surface area contributed by atoms with E-state index in [9.17, 15) is 9.59 Å². The van der Waals surface area contributed by atoms with Gasteiger partial charge < -0.3 is 15.0 Å². The average Bonchev–Trinajstić information content (AvgIpc) is 3.16. The van der Waals surface area contributed by atoms with Crippen molar-refractivity contribution in [3.8, 4) is 5.69 Å². The Balaban J connectivity index is 1.62. The highest BCUT2D eigenvalue weighted by Gasteiger charge is 2.07. The number of rotatable bonds is 6. The molecule has 126 valence electrons. The molecule has 0 saturated heterocycles. The van der Waals surface area contributed by atoms with Gasteiger partial charge >= 0.3 is 5.97 Å². The van der Waals surface area contributed by atoms with Gasteiger partial charge in [-0.15, -0.1) is 0 Å². The van der Waals surface area contributed by atoms with Gasteiger partial charge in [-0.1, -0.05) is 12.1 Å². The lowest BCUT2D eigenvalue weighted by atomic mass is 10.1. The van der Waals surface area contributed by atoms with Gasteiger partial charge in [0.2, 0.25) is 0 Å². The molecule has 0 aliphatic heterocycles. The molecule has 6 nitrogen and oxygen atoms in total. The minimum atomic E-state index is -0.823.